The molecule has 0 unspecified atom stereocenters. The molecule has 0 aliphatic carbocycles. The highest BCUT2D eigenvalue weighted by Crippen LogP contribution is 2.18. The first-order valence-electron chi connectivity index (χ1n) is 8.32. The number of carbonyl (C=O) groups is 2. The molecule has 1 aromatic heterocycles. The molecule has 8 nitrogen and oxygen atoms in total. The van der Waals surface area contributed by atoms with E-state index < -0.39 is 18.5 Å². The van der Waals surface area contributed by atoms with Crippen LogP contribution in [0.3, 0.4) is 0 Å². The van der Waals surface area contributed by atoms with Gasteiger partial charge in [0.25, 0.3) is 5.91 Å². The van der Waals surface area contributed by atoms with Gasteiger partial charge in [-0.25, -0.2) is 4.79 Å². The Morgan fingerprint density at radius 3 is 2.54 bits per heavy atom. The van der Waals surface area contributed by atoms with Crippen molar-refractivity contribution in [3.8, 4) is 17.2 Å². The van der Waals surface area contributed by atoms with Gasteiger partial charge in [-0.2, -0.15) is 0 Å². The van der Waals surface area contributed by atoms with Crippen LogP contribution in [0.5, 0.6) is 5.75 Å². The third kappa shape index (κ3) is 5.28. The molecule has 0 spiro atoms. The molecule has 0 saturated carbocycles. The SMILES string of the molecule is COc1ccc(C=CC(=O)OCC(=O)Nc2nnc(-c3ccccc3)o2)cc1. The predicted octanol–water partition coefficient (Wildman–Crippen LogP) is 2.94. The highest BCUT2D eigenvalue weighted by Gasteiger charge is 2.12. The van der Waals surface area contributed by atoms with Crippen LogP contribution in [0.4, 0.5) is 6.01 Å². The highest BCUT2D eigenvalue weighted by atomic mass is 16.5. The molecule has 0 fully saturated rings. The van der Waals surface area contributed by atoms with E-state index >= 15 is 0 Å². The smallest absolute Gasteiger partial charge is 0.331 e. The molecule has 28 heavy (non-hydrogen) atoms. The Balaban J connectivity index is 1.46. The summed E-state index contributed by atoms with van der Waals surface area (Å²) in [4.78, 5) is 23.6. The van der Waals surface area contributed by atoms with Crippen LogP contribution >= 0.6 is 0 Å². The summed E-state index contributed by atoms with van der Waals surface area (Å²) in [6, 6.07) is 16.2. The standard InChI is InChI=1S/C20H17N3O5/c1-26-16-10-7-14(8-11-16)9-12-18(25)27-13-17(24)21-20-23-22-19(28-20)15-5-3-2-4-6-15/h2-12H,13H2,1H3,(H,21,23,24). The number of benzene rings is 2. The third-order valence-corrected chi connectivity index (χ3v) is 3.57. The topological polar surface area (TPSA) is 104 Å². The Morgan fingerprint density at radius 1 is 1.07 bits per heavy atom. The quantitative estimate of drug-likeness (QED) is 0.497. The lowest BCUT2D eigenvalue weighted by Gasteiger charge is -2.01. The molecule has 0 aliphatic rings. The summed E-state index contributed by atoms with van der Waals surface area (Å²) < 4.78 is 15.3. The van der Waals surface area contributed by atoms with Crippen LogP contribution in [0.2, 0.25) is 0 Å². The van der Waals surface area contributed by atoms with E-state index in [0.29, 0.717) is 5.75 Å². The maximum absolute atomic E-state index is 11.9. The van der Waals surface area contributed by atoms with E-state index in [0.717, 1.165) is 11.1 Å². The Bertz CT molecular complexity index is 965. The molecule has 0 saturated heterocycles. The van der Waals surface area contributed by atoms with Crippen molar-refractivity contribution in [3.05, 3.63) is 66.2 Å². The van der Waals surface area contributed by atoms with Crippen molar-refractivity contribution in [2.45, 2.75) is 0 Å². The van der Waals surface area contributed by atoms with Gasteiger partial charge in [-0.15, -0.1) is 5.10 Å². The fraction of sp³-hybridized carbons (Fsp3) is 0.100. The summed E-state index contributed by atoms with van der Waals surface area (Å²) in [7, 11) is 1.57. The first-order chi connectivity index (χ1) is 13.6. The molecule has 0 atom stereocenters. The van der Waals surface area contributed by atoms with Crippen molar-refractivity contribution in [1.82, 2.24) is 10.2 Å². The molecular formula is C20H17N3O5. The molecule has 0 aliphatic heterocycles. The predicted molar refractivity (Wildman–Crippen MR) is 101 cm³/mol. The van der Waals surface area contributed by atoms with E-state index in [9.17, 15) is 9.59 Å². The molecule has 1 N–H and O–H groups in total. The number of rotatable bonds is 7. The number of ether oxygens (including phenoxy) is 2. The van der Waals surface area contributed by atoms with Crippen molar-refractivity contribution in [2.75, 3.05) is 19.0 Å². The number of nitrogens with zero attached hydrogens (tertiary/aromatic N) is 2. The van der Waals surface area contributed by atoms with Gasteiger partial charge < -0.3 is 13.9 Å². The molecule has 142 valence electrons. The maximum atomic E-state index is 11.9. The second-order valence-corrected chi connectivity index (χ2v) is 5.54. The second-order valence-electron chi connectivity index (χ2n) is 5.54. The first-order valence-corrected chi connectivity index (χ1v) is 8.32. The van der Waals surface area contributed by atoms with Crippen molar-refractivity contribution in [2.24, 2.45) is 0 Å². The number of nitrogens with one attached hydrogen (secondary N) is 1. The number of hydrogen-bond donors (Lipinski definition) is 1. The number of methoxy groups -OCH3 is 1. The van der Waals surface area contributed by atoms with Crippen LogP contribution in [0.25, 0.3) is 17.5 Å². The molecule has 3 aromatic rings. The average molecular weight is 379 g/mol. The Labute approximate surface area is 160 Å². The largest absolute Gasteiger partial charge is 0.497 e. The summed E-state index contributed by atoms with van der Waals surface area (Å²) in [6.45, 7) is -0.477. The number of carbonyl (C=O) groups excluding carboxylic acids is 2. The molecule has 0 radical (unpaired) electrons. The minimum Gasteiger partial charge on any atom is -0.497 e. The molecule has 1 amide bonds. The van der Waals surface area contributed by atoms with Crippen molar-refractivity contribution in [3.63, 3.8) is 0 Å². The summed E-state index contributed by atoms with van der Waals surface area (Å²) in [5, 5.41) is 9.97. The van der Waals surface area contributed by atoms with Crippen molar-refractivity contribution >= 4 is 24.0 Å². The Morgan fingerprint density at radius 2 is 1.82 bits per heavy atom. The number of hydrogen-bond acceptors (Lipinski definition) is 7. The van der Waals surface area contributed by atoms with E-state index in [-0.39, 0.29) is 11.9 Å². The van der Waals surface area contributed by atoms with Gasteiger partial charge in [-0.1, -0.05) is 35.4 Å². The van der Waals surface area contributed by atoms with E-state index in [4.69, 9.17) is 13.9 Å². The van der Waals surface area contributed by atoms with Crippen LogP contribution in [0.1, 0.15) is 5.56 Å². The van der Waals surface area contributed by atoms with Gasteiger partial charge in [-0.05, 0) is 35.9 Å². The maximum Gasteiger partial charge on any atom is 0.331 e. The van der Waals surface area contributed by atoms with Gasteiger partial charge in [-0.3, -0.25) is 10.1 Å². The normalized spacial score (nSPS) is 10.6. The molecule has 0 bridgehead atoms. The molecular weight excluding hydrogens is 362 g/mol. The summed E-state index contributed by atoms with van der Waals surface area (Å²) in [6.07, 6.45) is 2.80. The lowest BCUT2D eigenvalue weighted by Crippen LogP contribution is -2.20. The van der Waals surface area contributed by atoms with Crippen molar-refractivity contribution in [1.29, 1.82) is 0 Å². The van der Waals surface area contributed by atoms with Crippen molar-refractivity contribution < 1.29 is 23.5 Å². The minimum atomic E-state index is -0.651. The van der Waals surface area contributed by atoms with Gasteiger partial charge in [0.1, 0.15) is 5.75 Å². The van der Waals surface area contributed by atoms with Gasteiger partial charge in [0.05, 0.1) is 7.11 Å². The van der Waals surface area contributed by atoms with E-state index in [1.807, 2.05) is 18.2 Å². The number of esters is 1. The Hall–Kier alpha value is -3.94. The summed E-state index contributed by atoms with van der Waals surface area (Å²) in [5.41, 5.74) is 1.52. The zero-order chi connectivity index (χ0) is 19.8. The Kier molecular flexibility index (Phi) is 6.14. The van der Waals surface area contributed by atoms with Gasteiger partial charge >= 0.3 is 12.0 Å². The van der Waals surface area contributed by atoms with Crippen LogP contribution in [0.15, 0.2) is 65.1 Å². The van der Waals surface area contributed by atoms with E-state index in [1.54, 1.807) is 49.6 Å². The second kappa shape index (κ2) is 9.13. The van der Waals surface area contributed by atoms with Gasteiger partial charge in [0, 0.05) is 11.6 Å². The van der Waals surface area contributed by atoms with E-state index in [1.165, 1.54) is 6.08 Å². The molecule has 8 heteroatoms. The lowest BCUT2D eigenvalue weighted by molar-refractivity contribution is -0.142. The number of amides is 1. The van der Waals surface area contributed by atoms with Crippen LogP contribution in [-0.4, -0.2) is 35.8 Å². The third-order valence-electron chi connectivity index (χ3n) is 3.57. The molecule has 1 heterocycles. The van der Waals surface area contributed by atoms with Crippen LogP contribution in [-0.2, 0) is 14.3 Å². The highest BCUT2D eigenvalue weighted by molar-refractivity contribution is 5.93. The van der Waals surface area contributed by atoms with E-state index in [2.05, 4.69) is 15.5 Å². The van der Waals surface area contributed by atoms with Crippen LogP contribution < -0.4 is 10.1 Å². The molecule has 2 aromatic carbocycles. The van der Waals surface area contributed by atoms with Crippen LogP contribution in [0, 0.1) is 0 Å². The zero-order valence-corrected chi connectivity index (χ0v) is 15.0. The lowest BCUT2D eigenvalue weighted by atomic mass is 10.2. The zero-order valence-electron chi connectivity index (χ0n) is 15.0. The monoisotopic (exact) mass is 379 g/mol. The minimum absolute atomic E-state index is 0.0753. The molecule has 3 rings (SSSR count). The fourth-order valence-corrected chi connectivity index (χ4v) is 2.19. The number of anilines is 1. The van der Waals surface area contributed by atoms with Gasteiger partial charge in [0.15, 0.2) is 6.61 Å². The summed E-state index contributed by atoms with van der Waals surface area (Å²) in [5.74, 6) is -0.251. The fourth-order valence-electron chi connectivity index (χ4n) is 2.19. The van der Waals surface area contributed by atoms with Gasteiger partial charge in [0.2, 0.25) is 5.89 Å². The summed E-state index contributed by atoms with van der Waals surface area (Å²) >= 11 is 0. The average Bonchev–Trinajstić information content (AvgIpc) is 3.20. The first kappa shape index (κ1) is 18.8. The number of aromatic nitrogens is 2.